The molecule has 0 spiro atoms. The first-order chi connectivity index (χ1) is 7.65. The molecule has 0 aromatic carbocycles. The first-order valence-corrected chi connectivity index (χ1v) is 5.09. The Morgan fingerprint density at radius 3 is 3.00 bits per heavy atom. The molecule has 0 aliphatic rings. The standard InChI is InChI=1S/C10H10ClN3O2/c1-6(10(15)16-2)7-3-4-8-9(11)12-5-13-14(7)8/h3-6H,1-2H3. The second-order valence-corrected chi connectivity index (χ2v) is 3.71. The number of esters is 1. The number of carbonyl (C=O) groups excluding carboxylic acids is 1. The molecule has 0 aliphatic carbocycles. The van der Waals surface area contributed by atoms with Crippen LogP contribution in [0.25, 0.3) is 5.52 Å². The van der Waals surface area contributed by atoms with Gasteiger partial charge in [-0.3, -0.25) is 4.79 Å². The molecule has 0 amide bonds. The molecule has 2 aromatic heterocycles. The quantitative estimate of drug-likeness (QED) is 0.748. The molecule has 2 rings (SSSR count). The van der Waals surface area contributed by atoms with E-state index in [1.807, 2.05) is 0 Å². The van der Waals surface area contributed by atoms with Gasteiger partial charge in [-0.1, -0.05) is 11.6 Å². The minimum Gasteiger partial charge on any atom is -0.469 e. The fourth-order valence-electron chi connectivity index (χ4n) is 1.55. The lowest BCUT2D eigenvalue weighted by Crippen LogP contribution is -2.13. The van der Waals surface area contributed by atoms with Crippen molar-refractivity contribution in [3.8, 4) is 0 Å². The molecular weight excluding hydrogens is 230 g/mol. The summed E-state index contributed by atoms with van der Waals surface area (Å²) in [6.45, 7) is 1.75. The van der Waals surface area contributed by atoms with E-state index < -0.39 is 5.92 Å². The topological polar surface area (TPSA) is 56.5 Å². The minimum absolute atomic E-state index is 0.310. The summed E-state index contributed by atoms with van der Waals surface area (Å²) in [5.41, 5.74) is 1.40. The lowest BCUT2D eigenvalue weighted by atomic mass is 10.1. The van der Waals surface area contributed by atoms with Gasteiger partial charge in [0.2, 0.25) is 0 Å². The molecule has 16 heavy (non-hydrogen) atoms. The van der Waals surface area contributed by atoms with Crippen molar-refractivity contribution in [3.63, 3.8) is 0 Å². The molecule has 1 unspecified atom stereocenters. The minimum atomic E-state index is -0.390. The first kappa shape index (κ1) is 10.9. The Balaban J connectivity index is 2.54. The number of carbonyl (C=O) groups is 1. The van der Waals surface area contributed by atoms with Gasteiger partial charge in [0.15, 0.2) is 5.15 Å². The Hall–Kier alpha value is -1.62. The van der Waals surface area contributed by atoms with Gasteiger partial charge in [-0.05, 0) is 19.1 Å². The van der Waals surface area contributed by atoms with Crippen LogP contribution in [0.2, 0.25) is 5.15 Å². The number of aromatic nitrogens is 3. The molecule has 0 saturated carbocycles. The fraction of sp³-hybridized carbons (Fsp3) is 0.300. The molecule has 0 radical (unpaired) electrons. The number of ether oxygens (including phenoxy) is 1. The summed E-state index contributed by atoms with van der Waals surface area (Å²) in [5.74, 6) is -0.701. The smallest absolute Gasteiger partial charge is 0.314 e. The molecule has 1 atom stereocenters. The van der Waals surface area contributed by atoms with Crippen LogP contribution in [0.3, 0.4) is 0 Å². The van der Waals surface area contributed by atoms with E-state index in [1.54, 1.807) is 23.6 Å². The van der Waals surface area contributed by atoms with Gasteiger partial charge in [0.1, 0.15) is 11.8 Å². The SMILES string of the molecule is COC(=O)C(C)c1ccc2c(Cl)ncnn12. The number of nitrogens with zero attached hydrogens (tertiary/aromatic N) is 3. The number of hydrogen-bond donors (Lipinski definition) is 0. The van der Waals surface area contributed by atoms with Crippen LogP contribution in [-0.2, 0) is 9.53 Å². The molecule has 0 saturated heterocycles. The summed E-state index contributed by atoms with van der Waals surface area (Å²) >= 11 is 5.90. The fourth-order valence-corrected chi connectivity index (χ4v) is 1.74. The van der Waals surface area contributed by atoms with Crippen LogP contribution in [-0.4, -0.2) is 27.7 Å². The van der Waals surface area contributed by atoms with Crippen molar-refractivity contribution in [2.45, 2.75) is 12.8 Å². The Kier molecular flexibility index (Phi) is 2.78. The van der Waals surface area contributed by atoms with Crippen LogP contribution in [0.1, 0.15) is 18.5 Å². The summed E-state index contributed by atoms with van der Waals surface area (Å²) in [6, 6.07) is 3.56. The van der Waals surface area contributed by atoms with E-state index in [-0.39, 0.29) is 5.97 Å². The van der Waals surface area contributed by atoms with Crippen molar-refractivity contribution in [2.75, 3.05) is 7.11 Å². The van der Waals surface area contributed by atoms with Crippen molar-refractivity contribution in [3.05, 3.63) is 29.3 Å². The zero-order valence-electron chi connectivity index (χ0n) is 8.85. The van der Waals surface area contributed by atoms with Gasteiger partial charge in [-0.15, -0.1) is 0 Å². The first-order valence-electron chi connectivity index (χ1n) is 4.71. The van der Waals surface area contributed by atoms with Gasteiger partial charge in [0.25, 0.3) is 0 Å². The summed E-state index contributed by atoms with van der Waals surface area (Å²) in [7, 11) is 1.36. The average Bonchev–Trinajstić information content (AvgIpc) is 2.72. The summed E-state index contributed by atoms with van der Waals surface area (Å²) in [4.78, 5) is 15.3. The van der Waals surface area contributed by atoms with E-state index in [0.717, 1.165) is 5.69 Å². The maximum Gasteiger partial charge on any atom is 0.314 e. The van der Waals surface area contributed by atoms with Crippen LogP contribution in [0.4, 0.5) is 0 Å². The third-order valence-electron chi connectivity index (χ3n) is 2.43. The van der Waals surface area contributed by atoms with E-state index in [2.05, 4.69) is 14.8 Å². The highest BCUT2D eigenvalue weighted by Gasteiger charge is 2.20. The monoisotopic (exact) mass is 239 g/mol. The van der Waals surface area contributed by atoms with Gasteiger partial charge in [-0.2, -0.15) is 5.10 Å². The van der Waals surface area contributed by atoms with Gasteiger partial charge < -0.3 is 4.74 Å². The third kappa shape index (κ3) is 1.63. The molecule has 0 bridgehead atoms. The molecule has 0 aliphatic heterocycles. The number of hydrogen-bond acceptors (Lipinski definition) is 4. The zero-order valence-corrected chi connectivity index (χ0v) is 9.60. The predicted molar refractivity (Wildman–Crippen MR) is 58.4 cm³/mol. The average molecular weight is 240 g/mol. The van der Waals surface area contributed by atoms with Crippen molar-refractivity contribution >= 4 is 23.1 Å². The zero-order chi connectivity index (χ0) is 11.7. The highest BCUT2D eigenvalue weighted by molar-refractivity contribution is 6.32. The van der Waals surface area contributed by atoms with E-state index in [0.29, 0.717) is 10.7 Å². The summed E-state index contributed by atoms with van der Waals surface area (Å²) < 4.78 is 6.28. The highest BCUT2D eigenvalue weighted by Crippen LogP contribution is 2.22. The molecule has 5 nitrogen and oxygen atoms in total. The Bertz CT molecular complexity index is 538. The van der Waals surface area contributed by atoms with Gasteiger partial charge >= 0.3 is 5.97 Å². The number of rotatable bonds is 2. The van der Waals surface area contributed by atoms with Crippen LogP contribution >= 0.6 is 11.6 Å². The van der Waals surface area contributed by atoms with Crippen molar-refractivity contribution < 1.29 is 9.53 Å². The van der Waals surface area contributed by atoms with Crippen molar-refractivity contribution in [2.24, 2.45) is 0 Å². The molecule has 84 valence electrons. The van der Waals surface area contributed by atoms with Crippen LogP contribution in [0, 0.1) is 0 Å². The Morgan fingerprint density at radius 2 is 2.31 bits per heavy atom. The predicted octanol–water partition coefficient (Wildman–Crippen LogP) is 1.66. The van der Waals surface area contributed by atoms with Gasteiger partial charge in [0.05, 0.1) is 18.7 Å². The summed E-state index contributed by atoms with van der Waals surface area (Å²) in [5, 5.41) is 4.41. The molecule has 0 fully saturated rings. The van der Waals surface area contributed by atoms with Gasteiger partial charge in [0, 0.05) is 0 Å². The number of methoxy groups -OCH3 is 1. The second kappa shape index (κ2) is 4.09. The summed E-state index contributed by atoms with van der Waals surface area (Å²) in [6.07, 6.45) is 1.35. The van der Waals surface area contributed by atoms with Crippen molar-refractivity contribution in [1.29, 1.82) is 0 Å². The van der Waals surface area contributed by atoms with E-state index >= 15 is 0 Å². The molecular formula is C10H10ClN3O2. The third-order valence-corrected chi connectivity index (χ3v) is 2.72. The van der Waals surface area contributed by atoms with E-state index in [4.69, 9.17) is 11.6 Å². The Morgan fingerprint density at radius 1 is 1.56 bits per heavy atom. The number of fused-ring (bicyclic) bond motifs is 1. The normalized spacial score (nSPS) is 12.7. The molecule has 6 heteroatoms. The maximum atomic E-state index is 11.4. The second-order valence-electron chi connectivity index (χ2n) is 3.35. The van der Waals surface area contributed by atoms with Crippen LogP contribution in [0.15, 0.2) is 18.5 Å². The van der Waals surface area contributed by atoms with E-state index in [1.165, 1.54) is 13.4 Å². The number of halogens is 1. The van der Waals surface area contributed by atoms with Crippen LogP contribution in [0.5, 0.6) is 0 Å². The lowest BCUT2D eigenvalue weighted by Gasteiger charge is -2.08. The highest BCUT2D eigenvalue weighted by atomic mass is 35.5. The maximum absolute atomic E-state index is 11.4. The lowest BCUT2D eigenvalue weighted by molar-refractivity contribution is -0.142. The molecule has 0 N–H and O–H groups in total. The van der Waals surface area contributed by atoms with Gasteiger partial charge in [-0.25, -0.2) is 9.50 Å². The Labute approximate surface area is 97.0 Å². The van der Waals surface area contributed by atoms with E-state index in [9.17, 15) is 4.79 Å². The van der Waals surface area contributed by atoms with Crippen LogP contribution < -0.4 is 0 Å². The largest absolute Gasteiger partial charge is 0.469 e. The molecule has 2 aromatic rings. The van der Waals surface area contributed by atoms with Crippen molar-refractivity contribution in [1.82, 2.24) is 14.6 Å². The molecule has 2 heterocycles.